The predicted octanol–water partition coefficient (Wildman–Crippen LogP) is 3.32. The lowest BCUT2D eigenvalue weighted by molar-refractivity contribution is -0.384. The molecule has 1 aromatic carbocycles. The van der Waals surface area contributed by atoms with Crippen LogP contribution in [0.4, 0.5) is 10.5 Å². The summed E-state index contributed by atoms with van der Waals surface area (Å²) in [7, 11) is 0. The standard InChI is InChI=1S/C18H21N3O4/c1-4-20-13-9-18(2,3)10-14(22)15(13)16(19-17(20)23)11-6-5-7-12(8-11)21(24)25/h5-8,16H,4,9-10H2,1-3H3,(H,19,23). The predicted molar refractivity (Wildman–Crippen MR) is 91.8 cm³/mol. The summed E-state index contributed by atoms with van der Waals surface area (Å²) in [6.45, 7) is 6.36. The Balaban J connectivity index is 2.14. The molecule has 1 atom stereocenters. The molecule has 7 nitrogen and oxygen atoms in total. The highest BCUT2D eigenvalue weighted by atomic mass is 16.6. The smallest absolute Gasteiger partial charge is 0.322 e. The molecule has 3 rings (SSSR count). The van der Waals surface area contributed by atoms with E-state index in [1.807, 2.05) is 20.8 Å². The van der Waals surface area contributed by atoms with Crippen molar-refractivity contribution in [1.29, 1.82) is 0 Å². The third kappa shape index (κ3) is 3.01. The fourth-order valence-electron chi connectivity index (χ4n) is 3.67. The summed E-state index contributed by atoms with van der Waals surface area (Å²) in [6, 6.07) is 5.18. The zero-order valence-electron chi connectivity index (χ0n) is 14.5. The number of nitrogens with zero attached hydrogens (tertiary/aromatic N) is 2. The molecule has 0 aromatic heterocycles. The molecular formula is C18H21N3O4. The summed E-state index contributed by atoms with van der Waals surface area (Å²) in [5.41, 5.74) is 1.58. The zero-order chi connectivity index (χ0) is 18.4. The first-order valence-electron chi connectivity index (χ1n) is 8.32. The van der Waals surface area contributed by atoms with Gasteiger partial charge >= 0.3 is 6.03 Å². The molecule has 1 aromatic rings. The first-order chi connectivity index (χ1) is 11.7. The lowest BCUT2D eigenvalue weighted by Gasteiger charge is -2.43. The molecule has 25 heavy (non-hydrogen) atoms. The van der Waals surface area contributed by atoms with E-state index in [0.29, 0.717) is 30.5 Å². The topological polar surface area (TPSA) is 92.6 Å². The summed E-state index contributed by atoms with van der Waals surface area (Å²) >= 11 is 0. The Morgan fingerprint density at radius 2 is 2.04 bits per heavy atom. The number of Topliss-reactive ketones (excluding diaryl/α,β-unsaturated/α-hetero) is 1. The second-order valence-electron chi connectivity index (χ2n) is 7.28. The quantitative estimate of drug-likeness (QED) is 0.673. The first-order valence-corrected chi connectivity index (χ1v) is 8.32. The van der Waals surface area contributed by atoms with Crippen molar-refractivity contribution in [2.24, 2.45) is 5.41 Å². The lowest BCUT2D eigenvalue weighted by atomic mass is 9.72. The minimum absolute atomic E-state index is 0.0128. The van der Waals surface area contributed by atoms with Crippen LogP contribution in [0.2, 0.25) is 0 Å². The molecule has 0 bridgehead atoms. The van der Waals surface area contributed by atoms with E-state index < -0.39 is 11.0 Å². The fourth-order valence-corrected chi connectivity index (χ4v) is 3.67. The van der Waals surface area contributed by atoms with Crippen molar-refractivity contribution in [2.45, 2.75) is 39.7 Å². The number of carbonyl (C=O) groups excluding carboxylic acids is 2. The second-order valence-corrected chi connectivity index (χ2v) is 7.28. The molecule has 0 saturated heterocycles. The van der Waals surface area contributed by atoms with E-state index in [9.17, 15) is 19.7 Å². The molecule has 0 spiro atoms. The normalized spacial score (nSPS) is 22.5. The maximum absolute atomic E-state index is 12.8. The highest BCUT2D eigenvalue weighted by molar-refractivity contribution is 6.01. The number of nitro groups is 1. The van der Waals surface area contributed by atoms with E-state index in [1.165, 1.54) is 12.1 Å². The Morgan fingerprint density at radius 1 is 1.32 bits per heavy atom. The molecule has 0 saturated carbocycles. The summed E-state index contributed by atoms with van der Waals surface area (Å²) in [5.74, 6) is -0.0128. The van der Waals surface area contributed by atoms with Gasteiger partial charge in [-0.15, -0.1) is 0 Å². The first kappa shape index (κ1) is 17.1. The summed E-state index contributed by atoms with van der Waals surface area (Å²) in [4.78, 5) is 37.6. The van der Waals surface area contributed by atoms with Crippen molar-refractivity contribution in [3.63, 3.8) is 0 Å². The summed E-state index contributed by atoms with van der Waals surface area (Å²) < 4.78 is 0. The number of urea groups is 1. The number of nitro benzene ring substituents is 1. The van der Waals surface area contributed by atoms with Gasteiger partial charge in [-0.3, -0.25) is 19.8 Å². The Labute approximate surface area is 145 Å². The average molecular weight is 343 g/mol. The molecule has 1 aliphatic heterocycles. The molecular weight excluding hydrogens is 322 g/mol. The van der Waals surface area contributed by atoms with Gasteiger partial charge in [-0.05, 0) is 24.3 Å². The number of hydrogen-bond acceptors (Lipinski definition) is 4. The van der Waals surface area contributed by atoms with Crippen LogP contribution in [0.1, 0.15) is 45.2 Å². The average Bonchev–Trinajstić information content (AvgIpc) is 2.53. The van der Waals surface area contributed by atoms with Crippen LogP contribution < -0.4 is 5.32 Å². The van der Waals surface area contributed by atoms with Crippen LogP contribution in [0.25, 0.3) is 0 Å². The monoisotopic (exact) mass is 343 g/mol. The largest absolute Gasteiger partial charge is 0.327 e. The number of ketones is 1. The molecule has 132 valence electrons. The summed E-state index contributed by atoms with van der Waals surface area (Å²) in [5, 5.41) is 13.9. The van der Waals surface area contributed by atoms with Gasteiger partial charge < -0.3 is 5.32 Å². The molecule has 2 amide bonds. The lowest BCUT2D eigenvalue weighted by Crippen LogP contribution is -2.50. The number of rotatable bonds is 3. The van der Waals surface area contributed by atoms with Gasteiger partial charge in [0.25, 0.3) is 5.69 Å². The highest BCUT2D eigenvalue weighted by Gasteiger charge is 2.43. The third-order valence-electron chi connectivity index (χ3n) is 4.75. The molecule has 1 heterocycles. The number of hydrogen-bond donors (Lipinski definition) is 1. The van der Waals surface area contributed by atoms with Crippen LogP contribution in [0, 0.1) is 15.5 Å². The second kappa shape index (κ2) is 5.98. The van der Waals surface area contributed by atoms with E-state index in [0.717, 1.165) is 5.70 Å². The van der Waals surface area contributed by atoms with Crippen LogP contribution in [0.5, 0.6) is 0 Å². The Hall–Kier alpha value is -2.70. The van der Waals surface area contributed by atoms with E-state index in [-0.39, 0.29) is 22.9 Å². The van der Waals surface area contributed by atoms with Crippen molar-refractivity contribution in [1.82, 2.24) is 10.2 Å². The van der Waals surface area contributed by atoms with Gasteiger partial charge in [-0.25, -0.2) is 4.79 Å². The van der Waals surface area contributed by atoms with Gasteiger partial charge in [-0.2, -0.15) is 0 Å². The third-order valence-corrected chi connectivity index (χ3v) is 4.75. The molecule has 1 aliphatic carbocycles. The molecule has 7 heteroatoms. The zero-order valence-corrected chi connectivity index (χ0v) is 14.5. The van der Waals surface area contributed by atoms with Gasteiger partial charge in [0.1, 0.15) is 0 Å². The van der Waals surface area contributed by atoms with Crippen LogP contribution >= 0.6 is 0 Å². The van der Waals surface area contributed by atoms with Gasteiger partial charge in [-0.1, -0.05) is 26.0 Å². The van der Waals surface area contributed by atoms with Crippen molar-refractivity contribution < 1.29 is 14.5 Å². The van der Waals surface area contributed by atoms with Gasteiger partial charge in [0, 0.05) is 36.4 Å². The maximum atomic E-state index is 12.8. The molecule has 0 fully saturated rings. The van der Waals surface area contributed by atoms with Crippen molar-refractivity contribution in [2.75, 3.05) is 6.54 Å². The molecule has 0 radical (unpaired) electrons. The highest BCUT2D eigenvalue weighted by Crippen LogP contribution is 2.44. The summed E-state index contributed by atoms with van der Waals surface area (Å²) in [6.07, 6.45) is 1.02. The van der Waals surface area contributed by atoms with E-state index in [4.69, 9.17) is 0 Å². The van der Waals surface area contributed by atoms with Gasteiger partial charge in [0.05, 0.1) is 11.0 Å². The van der Waals surface area contributed by atoms with Gasteiger partial charge in [0.15, 0.2) is 5.78 Å². The van der Waals surface area contributed by atoms with Crippen molar-refractivity contribution in [3.8, 4) is 0 Å². The minimum Gasteiger partial charge on any atom is -0.327 e. The van der Waals surface area contributed by atoms with E-state index in [2.05, 4.69) is 5.32 Å². The van der Waals surface area contributed by atoms with E-state index >= 15 is 0 Å². The Kier molecular flexibility index (Phi) is 4.10. The number of nitrogens with one attached hydrogen (secondary N) is 1. The van der Waals surface area contributed by atoms with Gasteiger partial charge in [0.2, 0.25) is 0 Å². The number of non-ortho nitro benzene ring substituents is 1. The SMILES string of the molecule is CCN1C(=O)NC(c2cccc([N+](=O)[O-])c2)C2=C1CC(C)(C)CC2=O. The van der Waals surface area contributed by atoms with Crippen molar-refractivity contribution in [3.05, 3.63) is 51.2 Å². The van der Waals surface area contributed by atoms with Crippen LogP contribution in [-0.2, 0) is 4.79 Å². The number of benzene rings is 1. The minimum atomic E-state index is -0.645. The Bertz CT molecular complexity index is 797. The molecule has 1 unspecified atom stereocenters. The number of carbonyl (C=O) groups is 2. The van der Waals surface area contributed by atoms with Crippen LogP contribution in [0.3, 0.4) is 0 Å². The van der Waals surface area contributed by atoms with E-state index in [1.54, 1.807) is 17.0 Å². The Morgan fingerprint density at radius 3 is 2.68 bits per heavy atom. The van der Waals surface area contributed by atoms with Crippen LogP contribution in [-0.4, -0.2) is 28.2 Å². The maximum Gasteiger partial charge on any atom is 0.322 e. The number of amides is 2. The number of allylic oxidation sites excluding steroid dienone is 1. The fraction of sp³-hybridized carbons (Fsp3) is 0.444. The van der Waals surface area contributed by atoms with Crippen molar-refractivity contribution >= 4 is 17.5 Å². The molecule has 1 N–H and O–H groups in total. The van der Waals surface area contributed by atoms with Crippen LogP contribution in [0.15, 0.2) is 35.5 Å². The molecule has 2 aliphatic rings.